The highest BCUT2D eigenvalue weighted by atomic mass is 14.5. The van der Waals surface area contributed by atoms with Crippen LogP contribution < -0.4 is 5.73 Å². The van der Waals surface area contributed by atoms with Crippen molar-refractivity contribution in [3.63, 3.8) is 0 Å². The van der Waals surface area contributed by atoms with Crippen molar-refractivity contribution in [1.29, 1.82) is 0 Å². The molecule has 0 aliphatic carbocycles. The SMILES string of the molecule is CCCCCCCC.CCCCCCCCCCN. The summed E-state index contributed by atoms with van der Waals surface area (Å²) in [6, 6.07) is 0. The molecule has 0 spiro atoms. The average molecular weight is 272 g/mol. The molecule has 0 aromatic rings. The van der Waals surface area contributed by atoms with E-state index >= 15 is 0 Å². The molecule has 0 bridgehead atoms. The second kappa shape index (κ2) is 23.1. The maximum atomic E-state index is 5.39. The van der Waals surface area contributed by atoms with E-state index < -0.39 is 0 Å². The summed E-state index contributed by atoms with van der Waals surface area (Å²) in [7, 11) is 0. The van der Waals surface area contributed by atoms with E-state index in [2.05, 4.69) is 20.8 Å². The fraction of sp³-hybridized carbons (Fsp3) is 1.00. The van der Waals surface area contributed by atoms with E-state index in [0.717, 1.165) is 6.54 Å². The van der Waals surface area contributed by atoms with Crippen LogP contribution in [0.4, 0.5) is 0 Å². The standard InChI is InChI=1S/C10H23N.C8H18/c1-2-3-4-5-6-7-8-9-10-11;1-3-5-7-8-6-4-2/h2-11H2,1H3;3-8H2,1-2H3. The molecule has 0 saturated heterocycles. The first kappa shape index (κ1) is 21.3. The number of nitrogens with two attached hydrogens (primary N) is 1. The fourth-order valence-electron chi connectivity index (χ4n) is 2.13. The molecular formula is C18H41N. The number of unbranched alkanes of at least 4 members (excludes halogenated alkanes) is 12. The molecule has 118 valence electrons. The van der Waals surface area contributed by atoms with Crippen LogP contribution in [-0.4, -0.2) is 6.54 Å². The topological polar surface area (TPSA) is 26.0 Å². The fourth-order valence-corrected chi connectivity index (χ4v) is 2.13. The molecule has 0 amide bonds. The van der Waals surface area contributed by atoms with Crippen LogP contribution in [0.1, 0.15) is 111 Å². The summed E-state index contributed by atoms with van der Waals surface area (Å²) < 4.78 is 0. The van der Waals surface area contributed by atoms with Crippen LogP contribution in [-0.2, 0) is 0 Å². The second-order valence-corrected chi connectivity index (χ2v) is 5.68. The molecule has 0 aromatic carbocycles. The van der Waals surface area contributed by atoms with Gasteiger partial charge in [-0.3, -0.25) is 0 Å². The Kier molecular flexibility index (Phi) is 25.8. The lowest BCUT2D eigenvalue weighted by Gasteiger charge is -1.99. The molecule has 0 unspecified atom stereocenters. The van der Waals surface area contributed by atoms with E-state index in [4.69, 9.17) is 5.73 Å². The van der Waals surface area contributed by atoms with Crippen molar-refractivity contribution in [1.82, 2.24) is 0 Å². The van der Waals surface area contributed by atoms with Crippen molar-refractivity contribution < 1.29 is 0 Å². The lowest BCUT2D eigenvalue weighted by molar-refractivity contribution is 0.578. The van der Waals surface area contributed by atoms with Crippen LogP contribution in [0.3, 0.4) is 0 Å². The molecule has 0 heterocycles. The van der Waals surface area contributed by atoms with Crippen LogP contribution >= 0.6 is 0 Å². The zero-order valence-corrected chi connectivity index (χ0v) is 14.2. The van der Waals surface area contributed by atoms with Gasteiger partial charge in [-0.25, -0.2) is 0 Å². The summed E-state index contributed by atoms with van der Waals surface area (Å²) in [4.78, 5) is 0. The smallest absolute Gasteiger partial charge is 0.00773 e. The van der Waals surface area contributed by atoms with Gasteiger partial charge in [0.2, 0.25) is 0 Å². The van der Waals surface area contributed by atoms with Gasteiger partial charge in [-0.1, -0.05) is 104 Å². The van der Waals surface area contributed by atoms with Crippen molar-refractivity contribution in [2.24, 2.45) is 5.73 Å². The summed E-state index contributed by atoms with van der Waals surface area (Å²) in [5, 5.41) is 0. The maximum absolute atomic E-state index is 5.39. The van der Waals surface area contributed by atoms with E-state index in [1.54, 1.807) is 0 Å². The Morgan fingerprint density at radius 2 is 0.684 bits per heavy atom. The first-order valence-electron chi connectivity index (χ1n) is 9.03. The highest BCUT2D eigenvalue weighted by Gasteiger charge is 1.89. The normalized spacial score (nSPS) is 10.1. The van der Waals surface area contributed by atoms with Gasteiger partial charge in [0, 0.05) is 0 Å². The zero-order valence-electron chi connectivity index (χ0n) is 14.2. The Morgan fingerprint density at radius 3 is 0.947 bits per heavy atom. The molecule has 0 aliphatic heterocycles. The third-order valence-corrected chi connectivity index (χ3v) is 3.51. The van der Waals surface area contributed by atoms with E-state index in [9.17, 15) is 0 Å². The van der Waals surface area contributed by atoms with Crippen molar-refractivity contribution in [2.45, 2.75) is 111 Å². The summed E-state index contributed by atoms with van der Waals surface area (Å²) in [5.74, 6) is 0. The Bertz CT molecular complexity index is 109. The van der Waals surface area contributed by atoms with Crippen LogP contribution in [0.15, 0.2) is 0 Å². The van der Waals surface area contributed by atoms with Crippen molar-refractivity contribution in [3.8, 4) is 0 Å². The molecule has 0 atom stereocenters. The second-order valence-electron chi connectivity index (χ2n) is 5.68. The molecule has 0 aliphatic rings. The Labute approximate surface area is 123 Å². The number of hydrogen-bond acceptors (Lipinski definition) is 1. The average Bonchev–Trinajstić information content (AvgIpc) is 2.44. The van der Waals surface area contributed by atoms with Gasteiger partial charge in [0.15, 0.2) is 0 Å². The highest BCUT2D eigenvalue weighted by Crippen LogP contribution is 2.07. The van der Waals surface area contributed by atoms with Gasteiger partial charge < -0.3 is 5.73 Å². The third-order valence-electron chi connectivity index (χ3n) is 3.51. The van der Waals surface area contributed by atoms with Gasteiger partial charge in [-0.05, 0) is 13.0 Å². The van der Waals surface area contributed by atoms with Crippen LogP contribution in [0, 0.1) is 0 Å². The quantitative estimate of drug-likeness (QED) is 0.383. The van der Waals surface area contributed by atoms with Gasteiger partial charge in [-0.15, -0.1) is 0 Å². The van der Waals surface area contributed by atoms with Crippen molar-refractivity contribution in [3.05, 3.63) is 0 Å². The summed E-state index contributed by atoms with van der Waals surface area (Å²) >= 11 is 0. The minimum atomic E-state index is 0.870. The molecule has 0 aromatic heterocycles. The lowest BCUT2D eigenvalue weighted by atomic mass is 10.1. The molecule has 19 heavy (non-hydrogen) atoms. The van der Waals surface area contributed by atoms with E-state index in [1.807, 2.05) is 0 Å². The van der Waals surface area contributed by atoms with Gasteiger partial charge in [0.1, 0.15) is 0 Å². The molecule has 1 heteroatoms. The summed E-state index contributed by atoms with van der Waals surface area (Å²) in [6.07, 6.45) is 19.5. The van der Waals surface area contributed by atoms with Crippen molar-refractivity contribution >= 4 is 0 Å². The van der Waals surface area contributed by atoms with E-state index in [-0.39, 0.29) is 0 Å². The minimum absolute atomic E-state index is 0.870. The summed E-state index contributed by atoms with van der Waals surface area (Å²) in [6.45, 7) is 7.64. The largest absolute Gasteiger partial charge is 0.330 e. The molecular weight excluding hydrogens is 230 g/mol. The number of rotatable bonds is 13. The van der Waals surface area contributed by atoms with E-state index in [1.165, 1.54) is 89.9 Å². The van der Waals surface area contributed by atoms with Crippen LogP contribution in [0.25, 0.3) is 0 Å². The monoisotopic (exact) mass is 271 g/mol. The zero-order chi connectivity index (χ0) is 14.6. The predicted octanol–water partition coefficient (Wildman–Crippen LogP) is 6.45. The van der Waals surface area contributed by atoms with Gasteiger partial charge >= 0.3 is 0 Å². The Hall–Kier alpha value is -0.0400. The summed E-state index contributed by atoms with van der Waals surface area (Å²) in [5.41, 5.74) is 5.39. The molecule has 0 radical (unpaired) electrons. The van der Waals surface area contributed by atoms with Crippen LogP contribution in [0.5, 0.6) is 0 Å². The van der Waals surface area contributed by atoms with Crippen molar-refractivity contribution in [2.75, 3.05) is 6.54 Å². The van der Waals surface area contributed by atoms with Crippen LogP contribution in [0.2, 0.25) is 0 Å². The molecule has 0 fully saturated rings. The first-order valence-corrected chi connectivity index (χ1v) is 9.03. The maximum Gasteiger partial charge on any atom is -0.00773 e. The molecule has 0 rings (SSSR count). The Balaban J connectivity index is 0. The molecule has 1 nitrogen and oxygen atoms in total. The highest BCUT2D eigenvalue weighted by molar-refractivity contribution is 4.45. The van der Waals surface area contributed by atoms with E-state index in [0.29, 0.717) is 0 Å². The lowest BCUT2D eigenvalue weighted by Crippen LogP contribution is -1.97. The first-order chi connectivity index (χ1) is 9.33. The Morgan fingerprint density at radius 1 is 0.421 bits per heavy atom. The molecule has 0 saturated carbocycles. The number of hydrogen-bond donors (Lipinski definition) is 1. The van der Waals surface area contributed by atoms with Gasteiger partial charge in [-0.2, -0.15) is 0 Å². The van der Waals surface area contributed by atoms with Gasteiger partial charge in [0.25, 0.3) is 0 Å². The van der Waals surface area contributed by atoms with Gasteiger partial charge in [0.05, 0.1) is 0 Å². The predicted molar refractivity (Wildman–Crippen MR) is 90.7 cm³/mol. The minimum Gasteiger partial charge on any atom is -0.330 e. The third kappa shape index (κ3) is 27.2. The molecule has 2 N–H and O–H groups in total.